The molecule has 0 aromatic rings. The highest BCUT2D eigenvalue weighted by molar-refractivity contribution is 7.60. The monoisotopic (exact) mass is 451 g/mol. The molecule has 0 amide bonds. The first-order valence-electron chi connectivity index (χ1n) is 10.4. The van der Waals surface area contributed by atoms with Crippen LogP contribution in [0.25, 0.3) is 0 Å². The average Bonchev–Trinajstić information content (AvgIpc) is 2.50. The van der Waals surface area contributed by atoms with Gasteiger partial charge in [-0.15, -0.1) is 0 Å². The van der Waals surface area contributed by atoms with Gasteiger partial charge in [0.1, 0.15) is 5.92 Å². The van der Waals surface area contributed by atoms with E-state index in [1.165, 1.54) is 32.1 Å². The van der Waals surface area contributed by atoms with Gasteiger partial charge in [0.2, 0.25) is 0 Å². The summed E-state index contributed by atoms with van der Waals surface area (Å²) in [5, 5.41) is 0. The van der Waals surface area contributed by atoms with Gasteiger partial charge in [0.25, 0.3) is 0 Å². The molecule has 0 aromatic carbocycles. The van der Waals surface area contributed by atoms with Crippen molar-refractivity contribution >= 4 is 15.6 Å². The van der Waals surface area contributed by atoms with E-state index in [9.17, 15) is 14.0 Å². The Bertz CT molecular complexity index is 699. The van der Waals surface area contributed by atoms with Gasteiger partial charge in [0, 0.05) is 5.41 Å². The summed E-state index contributed by atoms with van der Waals surface area (Å²) >= 11 is 0. The Hall–Kier alpha value is -0.130. The van der Waals surface area contributed by atoms with E-state index < -0.39 is 15.6 Å². The number of phosphoric ester groups is 1. The number of fused-ring (bicyclic) bond motifs is 1. The largest absolute Gasteiger partial charge is 0.481 e. The fourth-order valence-electron chi connectivity index (χ4n) is 5.89. The summed E-state index contributed by atoms with van der Waals surface area (Å²) in [6, 6.07) is 0. The summed E-state index contributed by atoms with van der Waals surface area (Å²) in [5.41, 5.74) is 1.72. The zero-order valence-electron chi connectivity index (χ0n) is 18.3. The third-order valence-electron chi connectivity index (χ3n) is 7.20. The maximum atomic E-state index is 11.5. The zero-order valence-corrected chi connectivity index (χ0v) is 20.0. The average molecular weight is 451 g/mol. The third kappa shape index (κ3) is 6.67. The molecule has 0 saturated heterocycles. The molecule has 2 rings (SSSR count). The molecule has 0 bridgehead atoms. The topological polar surface area (TPSA) is 113 Å². The van der Waals surface area contributed by atoms with Crippen LogP contribution in [0.4, 0.5) is 0 Å². The summed E-state index contributed by atoms with van der Waals surface area (Å²) < 4.78 is 30.6. The van der Waals surface area contributed by atoms with Crippen LogP contribution in [0, 0.1) is 28.6 Å². The Balaban J connectivity index is 1.96. The molecule has 0 heterocycles. The molecule has 1 unspecified atom stereocenters. The van der Waals surface area contributed by atoms with Crippen molar-refractivity contribution in [3.8, 4) is 0 Å². The van der Waals surface area contributed by atoms with Crippen LogP contribution in [-0.4, -0.2) is 21.3 Å². The number of allylic oxidation sites excluding steroid dienone is 1. The van der Waals surface area contributed by atoms with Crippen molar-refractivity contribution in [1.29, 1.82) is 0 Å². The van der Waals surface area contributed by atoms with Crippen molar-refractivity contribution < 1.29 is 32.6 Å². The van der Waals surface area contributed by atoms with Gasteiger partial charge in [-0.3, -0.25) is 4.52 Å². The molecule has 0 aromatic heterocycles. The lowest BCUT2D eigenvalue weighted by Gasteiger charge is -2.55. The molecule has 2 aliphatic rings. The second-order valence-electron chi connectivity index (χ2n) is 9.76. The Morgan fingerprint density at radius 3 is 2.48 bits per heavy atom. The van der Waals surface area contributed by atoms with Crippen molar-refractivity contribution in [2.45, 2.75) is 79.6 Å². The fourth-order valence-corrected chi connectivity index (χ4v) is 7.42. The first-order chi connectivity index (χ1) is 13.2. The molecule has 0 spiro atoms. The number of hydrogen-bond acceptors (Lipinski definition) is 4. The minimum Gasteiger partial charge on any atom is -0.302 e. The van der Waals surface area contributed by atoms with Gasteiger partial charge in [0.05, 0.1) is 25.9 Å². The Morgan fingerprint density at radius 2 is 1.86 bits per heavy atom. The van der Waals surface area contributed by atoms with Crippen LogP contribution in [0.15, 0.2) is 11.6 Å². The van der Waals surface area contributed by atoms with E-state index >= 15 is 0 Å². The van der Waals surface area contributed by atoms with Crippen molar-refractivity contribution in [2.75, 3.05) is 6.61 Å². The van der Waals surface area contributed by atoms with Gasteiger partial charge in [-0.25, -0.2) is 9.13 Å². The quantitative estimate of drug-likeness (QED) is 0.244. The highest BCUT2D eigenvalue weighted by atomic mass is 31.3. The lowest BCUT2D eigenvalue weighted by Crippen LogP contribution is -2.50. The van der Waals surface area contributed by atoms with E-state index in [1.807, 2.05) is 6.92 Å². The Kier molecular flexibility index (Phi) is 7.94. The summed E-state index contributed by atoms with van der Waals surface area (Å²) in [6.07, 6.45) is 9.87. The van der Waals surface area contributed by atoms with Crippen LogP contribution in [-0.2, 0) is 18.0 Å². The van der Waals surface area contributed by atoms with Gasteiger partial charge >= 0.3 is 15.6 Å². The second-order valence-corrected chi connectivity index (χ2v) is 12.6. The lowest BCUT2D eigenvalue weighted by molar-refractivity contribution is -0.0643. The molecule has 3 N–H and O–H groups in total. The van der Waals surface area contributed by atoms with Crippen molar-refractivity contribution in [3.63, 3.8) is 0 Å². The second kappa shape index (κ2) is 9.16. The van der Waals surface area contributed by atoms with E-state index in [2.05, 4.69) is 36.5 Å². The molecule has 9 heteroatoms. The summed E-state index contributed by atoms with van der Waals surface area (Å²) in [6.45, 7) is 11.3. The van der Waals surface area contributed by atoms with Crippen molar-refractivity contribution in [3.05, 3.63) is 17.6 Å². The molecule has 29 heavy (non-hydrogen) atoms. The smallest absolute Gasteiger partial charge is 0.302 e. The SMILES string of the molecule is C/C(=C\COP(=O)(O)OP(=O)(O)O)CC[C@@H]1[C+](C)CC[C@H]2C(C)(C)CCC[C@]12C. The van der Waals surface area contributed by atoms with E-state index in [0.717, 1.165) is 24.3 Å². The summed E-state index contributed by atoms with van der Waals surface area (Å²) in [5.74, 6) is 2.88. The van der Waals surface area contributed by atoms with Crippen LogP contribution in [0.3, 0.4) is 0 Å². The third-order valence-corrected chi connectivity index (χ3v) is 9.35. The Morgan fingerprint density at radius 1 is 1.21 bits per heavy atom. The molecule has 2 aliphatic carbocycles. The molecular weight excluding hydrogens is 414 g/mol. The predicted octanol–water partition coefficient (Wildman–Crippen LogP) is 5.78. The standard InChI is InChI=1S/C20H36O7P2/c1-15(11-14-26-29(24,25)27-28(21,22)23)7-9-17-16(2)8-10-18-19(3,4)12-6-13-20(17,18)5/h11,17-18H,6-10,12-14H2,1-5H3,(H2-,21,22,23,24,25)/p+1/b15-11+/t17-,18+,20-/m1/s1. The number of phosphoric acid groups is 2. The maximum absolute atomic E-state index is 11.5. The normalized spacial score (nSPS) is 32.6. The summed E-state index contributed by atoms with van der Waals surface area (Å²) in [7, 11) is -9.87. The van der Waals surface area contributed by atoms with Crippen LogP contribution in [0.5, 0.6) is 0 Å². The zero-order chi connectivity index (χ0) is 22.1. The van der Waals surface area contributed by atoms with E-state index in [-0.39, 0.29) is 6.61 Å². The van der Waals surface area contributed by atoms with E-state index in [4.69, 9.17) is 9.79 Å². The number of rotatable bonds is 8. The lowest BCUT2D eigenvalue weighted by atomic mass is 9.46. The van der Waals surface area contributed by atoms with Gasteiger partial charge < -0.3 is 14.7 Å². The first kappa shape index (κ1) is 25.1. The van der Waals surface area contributed by atoms with Crippen LogP contribution >= 0.6 is 15.6 Å². The molecule has 168 valence electrons. The first-order valence-corrected chi connectivity index (χ1v) is 13.4. The molecule has 7 nitrogen and oxygen atoms in total. The summed E-state index contributed by atoms with van der Waals surface area (Å²) in [4.78, 5) is 26.6. The molecule has 0 radical (unpaired) electrons. The molecule has 0 aliphatic heterocycles. The van der Waals surface area contributed by atoms with Gasteiger partial charge in [0.15, 0.2) is 0 Å². The predicted molar refractivity (Wildman–Crippen MR) is 113 cm³/mol. The Labute approximate surface area is 175 Å². The van der Waals surface area contributed by atoms with E-state index in [1.54, 1.807) is 12.0 Å². The van der Waals surface area contributed by atoms with Crippen LogP contribution in [0.2, 0.25) is 0 Å². The molecular formula is C20H37O7P2+. The van der Waals surface area contributed by atoms with Gasteiger partial charge in [-0.2, -0.15) is 4.31 Å². The number of hydrogen-bond donors (Lipinski definition) is 3. The minimum absolute atomic E-state index is 0.236. The van der Waals surface area contributed by atoms with Gasteiger partial charge in [-0.1, -0.05) is 38.8 Å². The van der Waals surface area contributed by atoms with Crippen molar-refractivity contribution in [2.24, 2.45) is 22.7 Å². The maximum Gasteiger partial charge on any atom is 0.481 e. The van der Waals surface area contributed by atoms with Gasteiger partial charge in [-0.05, 0) is 50.4 Å². The highest BCUT2D eigenvalue weighted by Gasteiger charge is 2.57. The molecule has 2 fully saturated rings. The fraction of sp³-hybridized carbons (Fsp3) is 0.850. The van der Waals surface area contributed by atoms with Crippen molar-refractivity contribution in [1.82, 2.24) is 0 Å². The highest BCUT2D eigenvalue weighted by Crippen LogP contribution is 2.62. The molecule has 2 saturated carbocycles. The van der Waals surface area contributed by atoms with Crippen LogP contribution in [0.1, 0.15) is 79.6 Å². The minimum atomic E-state index is -5.08. The molecule has 4 atom stereocenters. The van der Waals surface area contributed by atoms with Crippen LogP contribution < -0.4 is 0 Å². The van der Waals surface area contributed by atoms with E-state index in [0.29, 0.717) is 16.7 Å².